The Bertz CT molecular complexity index is 730. The smallest absolute Gasteiger partial charge is 0.326 e. The number of rotatable bonds is 10. The summed E-state index contributed by atoms with van der Waals surface area (Å²) in [5, 5.41) is 19.3. The van der Waals surface area contributed by atoms with E-state index < -0.39 is 59.0 Å². The number of alkyl halides is 2. The van der Waals surface area contributed by atoms with E-state index in [9.17, 15) is 27.6 Å². The number of amides is 1. The first-order valence-electron chi connectivity index (χ1n) is 7.43. The highest BCUT2D eigenvalue weighted by Crippen LogP contribution is 2.28. The van der Waals surface area contributed by atoms with E-state index in [1.165, 1.54) is 4.90 Å². The number of benzene rings is 1. The Kier molecular flexibility index (Phi) is 9.55. The number of carbonyl (C=O) groups excluding carboxylic acids is 1. The minimum Gasteiger partial charge on any atom is -0.481 e. The quantitative estimate of drug-likeness (QED) is 0.213. The van der Waals surface area contributed by atoms with Gasteiger partial charge in [0, 0.05) is 21.9 Å². The summed E-state index contributed by atoms with van der Waals surface area (Å²) in [5.74, 6) is -9.03. The fourth-order valence-electron chi connectivity index (χ4n) is 2.19. The lowest BCUT2D eigenvalue weighted by atomic mass is 10.1. The van der Waals surface area contributed by atoms with Gasteiger partial charge in [-0.1, -0.05) is 45.2 Å². The highest BCUT2D eigenvalue weighted by Gasteiger charge is 2.29. The normalized spacial score (nSPS) is 11.7. The highest BCUT2D eigenvalue weighted by molar-refractivity contribution is 14.1. The number of carbonyl (C=O) groups is 3. The fourth-order valence-corrected chi connectivity index (χ4v) is 3.36. The van der Waals surface area contributed by atoms with Crippen molar-refractivity contribution in [3.05, 3.63) is 29.1 Å². The van der Waals surface area contributed by atoms with E-state index in [0.29, 0.717) is 14.9 Å². The second kappa shape index (κ2) is 10.9. The van der Waals surface area contributed by atoms with Crippen molar-refractivity contribution in [2.45, 2.75) is 12.5 Å². The van der Waals surface area contributed by atoms with E-state index in [0.717, 1.165) is 0 Å². The van der Waals surface area contributed by atoms with Crippen LogP contribution >= 0.6 is 45.2 Å². The van der Waals surface area contributed by atoms with Gasteiger partial charge in [0.05, 0.1) is 12.0 Å². The van der Waals surface area contributed by atoms with Gasteiger partial charge in [-0.3, -0.25) is 9.59 Å². The maximum absolute atomic E-state index is 14.4. The fraction of sp³-hybridized carbons (Fsp3) is 0.400. The second-order valence-corrected chi connectivity index (χ2v) is 7.37. The Labute approximate surface area is 179 Å². The summed E-state index contributed by atoms with van der Waals surface area (Å²) in [4.78, 5) is 35.0. The molecule has 0 aromatic heterocycles. The zero-order valence-corrected chi connectivity index (χ0v) is 18.0. The molecule has 3 N–H and O–H groups in total. The van der Waals surface area contributed by atoms with Crippen LogP contribution in [0.4, 0.5) is 18.9 Å². The lowest BCUT2D eigenvalue weighted by Crippen LogP contribution is -2.42. The summed E-state index contributed by atoms with van der Waals surface area (Å²) in [6.45, 7) is 0.504. The van der Waals surface area contributed by atoms with E-state index in [2.05, 4.69) is 0 Å². The predicted molar refractivity (Wildman–Crippen MR) is 107 cm³/mol. The monoisotopic (exact) mass is 614 g/mol. The minimum absolute atomic E-state index is 0.252. The molecule has 1 atom stereocenters. The maximum Gasteiger partial charge on any atom is 0.326 e. The van der Waals surface area contributed by atoms with Crippen LogP contribution in [0.3, 0.4) is 0 Å². The van der Waals surface area contributed by atoms with Crippen molar-refractivity contribution >= 4 is 68.7 Å². The van der Waals surface area contributed by atoms with E-state index in [1.807, 2.05) is 45.2 Å². The van der Waals surface area contributed by atoms with Gasteiger partial charge in [-0.25, -0.2) is 18.0 Å². The van der Waals surface area contributed by atoms with Crippen molar-refractivity contribution in [2.75, 3.05) is 26.8 Å². The Morgan fingerprint density at radius 1 is 1.07 bits per heavy atom. The Morgan fingerprint density at radius 3 is 2.07 bits per heavy atom. The van der Waals surface area contributed by atoms with Crippen LogP contribution in [0.5, 0.6) is 0 Å². The number of halogens is 5. The molecule has 1 unspecified atom stereocenters. The van der Waals surface area contributed by atoms with Crippen LogP contribution in [-0.4, -0.2) is 56.0 Å². The summed E-state index contributed by atoms with van der Waals surface area (Å²) in [5.41, 5.74) is -1.66. The molecule has 0 heterocycles. The molecule has 27 heavy (non-hydrogen) atoms. The summed E-state index contributed by atoms with van der Waals surface area (Å²) in [7, 11) is 0. The molecule has 0 aliphatic heterocycles. The van der Waals surface area contributed by atoms with Crippen LogP contribution in [0.15, 0.2) is 6.07 Å². The minimum atomic E-state index is -1.88. The number of aliphatic carboxylic acids is 2. The molecule has 7 nitrogen and oxygen atoms in total. The van der Waals surface area contributed by atoms with Gasteiger partial charge >= 0.3 is 11.9 Å². The molecule has 0 saturated heterocycles. The van der Waals surface area contributed by atoms with Crippen LogP contribution < -0.4 is 10.2 Å². The van der Waals surface area contributed by atoms with Gasteiger partial charge in [0.25, 0.3) is 5.91 Å². The number of anilines is 1. The molecule has 1 aromatic rings. The zero-order chi connectivity index (χ0) is 20.7. The second-order valence-electron chi connectivity index (χ2n) is 5.21. The van der Waals surface area contributed by atoms with Gasteiger partial charge in [-0.05, 0) is 6.07 Å². The van der Waals surface area contributed by atoms with Crippen molar-refractivity contribution in [3.63, 3.8) is 0 Å². The number of carboxylic acids is 2. The predicted octanol–water partition coefficient (Wildman–Crippen LogP) is 2.44. The van der Waals surface area contributed by atoms with Crippen molar-refractivity contribution in [1.82, 2.24) is 5.32 Å². The highest BCUT2D eigenvalue weighted by atomic mass is 127. The lowest BCUT2D eigenvalue weighted by molar-refractivity contribution is -0.145. The molecule has 0 radical (unpaired) electrons. The number of nitrogens with one attached hydrogen (secondary N) is 1. The van der Waals surface area contributed by atoms with Crippen LogP contribution in [0.2, 0.25) is 0 Å². The van der Waals surface area contributed by atoms with Gasteiger partial charge in [-0.2, -0.15) is 0 Å². The zero-order valence-electron chi connectivity index (χ0n) is 13.6. The average Bonchev–Trinajstić information content (AvgIpc) is 2.57. The molecule has 150 valence electrons. The number of hydrogen-bond acceptors (Lipinski definition) is 4. The van der Waals surface area contributed by atoms with Gasteiger partial charge in [0.1, 0.15) is 11.7 Å². The van der Waals surface area contributed by atoms with Gasteiger partial charge in [0.2, 0.25) is 0 Å². The van der Waals surface area contributed by atoms with Gasteiger partial charge in [0.15, 0.2) is 17.5 Å². The standard InChI is InChI=1S/C15H15F3I2N2O5/c16-8-5-7(14(25)21-9(15(26)27)6-10(23)24)11(17)12(18)13(8)22(3-1-19)4-2-20/h5,9H,1-4,6H2,(H,21,25)(H,23,24)(H,26,27). The SMILES string of the molecule is O=C(O)CC(NC(=O)c1cc(F)c(N(CCI)CCI)c(F)c1F)C(=O)O. The van der Waals surface area contributed by atoms with Crippen LogP contribution in [0, 0.1) is 17.5 Å². The Morgan fingerprint density at radius 2 is 1.63 bits per heavy atom. The average molecular weight is 614 g/mol. The molecule has 1 aromatic carbocycles. The number of carboxylic acid groups (broad SMARTS) is 2. The molecule has 0 fully saturated rings. The first-order chi connectivity index (χ1) is 12.6. The van der Waals surface area contributed by atoms with Gasteiger partial charge < -0.3 is 20.4 Å². The molecule has 0 bridgehead atoms. The summed E-state index contributed by atoms with van der Waals surface area (Å²) >= 11 is 3.99. The molecule has 0 saturated carbocycles. The van der Waals surface area contributed by atoms with E-state index in [-0.39, 0.29) is 13.1 Å². The molecule has 12 heteroatoms. The summed E-state index contributed by atoms with van der Waals surface area (Å²) < 4.78 is 44.2. The topological polar surface area (TPSA) is 107 Å². The largest absolute Gasteiger partial charge is 0.481 e. The first-order valence-corrected chi connectivity index (χ1v) is 10.5. The van der Waals surface area contributed by atoms with Crippen LogP contribution in [0.1, 0.15) is 16.8 Å². The van der Waals surface area contributed by atoms with E-state index in [4.69, 9.17) is 10.2 Å². The molecule has 0 spiro atoms. The molecule has 1 rings (SSSR count). The molecular weight excluding hydrogens is 599 g/mol. The number of hydrogen-bond donors (Lipinski definition) is 3. The van der Waals surface area contributed by atoms with Crippen molar-refractivity contribution in [3.8, 4) is 0 Å². The third-order valence-corrected chi connectivity index (χ3v) is 4.35. The van der Waals surface area contributed by atoms with Crippen LogP contribution in [-0.2, 0) is 9.59 Å². The van der Waals surface area contributed by atoms with Crippen LogP contribution in [0.25, 0.3) is 0 Å². The maximum atomic E-state index is 14.4. The molecule has 1 amide bonds. The summed E-state index contributed by atoms with van der Waals surface area (Å²) in [6.07, 6.45) is -0.981. The first kappa shape index (κ1) is 23.7. The summed E-state index contributed by atoms with van der Waals surface area (Å²) in [6, 6.07) is -1.41. The third-order valence-electron chi connectivity index (χ3n) is 3.39. The van der Waals surface area contributed by atoms with Gasteiger partial charge in [-0.15, -0.1) is 0 Å². The third kappa shape index (κ3) is 6.36. The van der Waals surface area contributed by atoms with E-state index in [1.54, 1.807) is 5.32 Å². The molecule has 0 aliphatic rings. The van der Waals surface area contributed by atoms with Crippen molar-refractivity contribution in [2.24, 2.45) is 0 Å². The van der Waals surface area contributed by atoms with Crippen molar-refractivity contribution < 1.29 is 37.8 Å². The van der Waals surface area contributed by atoms with Crippen molar-refractivity contribution in [1.29, 1.82) is 0 Å². The molecule has 0 aliphatic carbocycles. The Balaban J connectivity index is 3.25. The Hall–Kier alpha value is -1.32. The number of nitrogens with zero attached hydrogens (tertiary/aromatic N) is 1. The van der Waals surface area contributed by atoms with E-state index >= 15 is 0 Å². The molecular formula is C15H15F3I2N2O5. The lowest BCUT2D eigenvalue weighted by Gasteiger charge is -2.25.